The molecule has 0 radical (unpaired) electrons. The molecule has 3 rings (SSSR count). The molecule has 0 aromatic heterocycles. The summed E-state index contributed by atoms with van der Waals surface area (Å²) in [5.41, 5.74) is 0.875. The smallest absolute Gasteiger partial charge is 0.341 e. The molecule has 2 aromatic rings. The normalized spacial score (nSPS) is 14.7. The lowest BCUT2D eigenvalue weighted by Crippen LogP contribution is -2.31. The third-order valence-electron chi connectivity index (χ3n) is 4.33. The van der Waals surface area contributed by atoms with Gasteiger partial charge in [-0.2, -0.15) is 0 Å². The number of esters is 1. The van der Waals surface area contributed by atoms with Crippen molar-refractivity contribution in [3.63, 3.8) is 0 Å². The Kier molecular flexibility index (Phi) is 5.94. The lowest BCUT2D eigenvalue weighted by molar-refractivity contribution is -0.123. The van der Waals surface area contributed by atoms with Crippen LogP contribution in [0.2, 0.25) is 5.02 Å². The van der Waals surface area contributed by atoms with Gasteiger partial charge in [-0.25, -0.2) is 9.18 Å². The van der Waals surface area contributed by atoms with Gasteiger partial charge in [0.05, 0.1) is 22.0 Å². The maximum atomic E-state index is 13.1. The first-order chi connectivity index (χ1) is 13.4. The number of hydrogen-bond donors (Lipinski definition) is 1. The average Bonchev–Trinajstić information content (AvgIpc) is 3.09. The maximum Gasteiger partial charge on any atom is 0.341 e. The van der Waals surface area contributed by atoms with Crippen molar-refractivity contribution in [2.45, 2.75) is 25.9 Å². The minimum Gasteiger partial charge on any atom is -0.449 e. The predicted octanol–water partition coefficient (Wildman–Crippen LogP) is 3.79. The summed E-state index contributed by atoms with van der Waals surface area (Å²) >= 11 is 5.89. The summed E-state index contributed by atoms with van der Waals surface area (Å²) in [4.78, 5) is 38.4. The zero-order chi connectivity index (χ0) is 20.3. The zero-order valence-corrected chi connectivity index (χ0v) is 15.8. The molecular weight excluding hydrogens is 387 g/mol. The van der Waals surface area contributed by atoms with E-state index in [-0.39, 0.29) is 22.2 Å². The number of nitrogens with one attached hydrogen (secondary N) is 1. The fourth-order valence-corrected chi connectivity index (χ4v) is 3.10. The number of carbonyl (C=O) groups is 3. The van der Waals surface area contributed by atoms with E-state index in [1.165, 1.54) is 13.0 Å². The molecule has 0 aliphatic carbocycles. The van der Waals surface area contributed by atoms with Gasteiger partial charge in [0.1, 0.15) is 5.82 Å². The number of hydrogen-bond acceptors (Lipinski definition) is 4. The van der Waals surface area contributed by atoms with Crippen LogP contribution in [0.3, 0.4) is 0 Å². The molecule has 2 aromatic carbocycles. The Balaban J connectivity index is 1.70. The quantitative estimate of drug-likeness (QED) is 0.769. The monoisotopic (exact) mass is 404 g/mol. The average molecular weight is 405 g/mol. The van der Waals surface area contributed by atoms with Gasteiger partial charge in [-0.15, -0.1) is 0 Å². The van der Waals surface area contributed by atoms with E-state index in [1.54, 1.807) is 29.2 Å². The van der Waals surface area contributed by atoms with E-state index in [0.717, 1.165) is 18.6 Å². The van der Waals surface area contributed by atoms with E-state index in [9.17, 15) is 18.8 Å². The van der Waals surface area contributed by atoms with Gasteiger partial charge in [-0.1, -0.05) is 23.7 Å². The second kappa shape index (κ2) is 8.39. The van der Waals surface area contributed by atoms with Gasteiger partial charge in [0, 0.05) is 13.0 Å². The molecule has 1 fully saturated rings. The highest BCUT2D eigenvalue weighted by Crippen LogP contribution is 2.27. The Bertz CT molecular complexity index is 934. The fourth-order valence-electron chi connectivity index (χ4n) is 2.89. The van der Waals surface area contributed by atoms with Crippen LogP contribution in [0.4, 0.5) is 15.8 Å². The predicted molar refractivity (Wildman–Crippen MR) is 103 cm³/mol. The third kappa shape index (κ3) is 4.31. The lowest BCUT2D eigenvalue weighted by Gasteiger charge is -2.20. The number of rotatable bonds is 5. The van der Waals surface area contributed by atoms with Crippen LogP contribution in [0.5, 0.6) is 0 Å². The Hall–Kier alpha value is -2.93. The van der Waals surface area contributed by atoms with Crippen molar-refractivity contribution in [3.8, 4) is 0 Å². The summed E-state index contributed by atoms with van der Waals surface area (Å²) < 4.78 is 18.4. The standard InChI is InChI=1S/C20H18ClFN2O4/c1-12(19(26)23-16-9-8-13(22)11-15(16)21)28-20(27)14-5-2-3-6-17(14)24-10-4-7-18(24)25/h2-3,5-6,8-9,11-12H,4,7,10H2,1H3,(H,23,26)/t12-/m0/s1. The highest BCUT2D eigenvalue weighted by molar-refractivity contribution is 6.33. The molecule has 1 N–H and O–H groups in total. The minimum atomic E-state index is -1.13. The van der Waals surface area contributed by atoms with Crippen LogP contribution < -0.4 is 10.2 Å². The van der Waals surface area contributed by atoms with Gasteiger partial charge in [0.2, 0.25) is 5.91 Å². The summed E-state index contributed by atoms with van der Waals surface area (Å²) in [6.07, 6.45) is 0.0241. The van der Waals surface area contributed by atoms with Crippen molar-refractivity contribution >= 4 is 40.8 Å². The molecule has 1 saturated heterocycles. The molecule has 6 nitrogen and oxygen atoms in total. The van der Waals surface area contributed by atoms with E-state index in [1.807, 2.05) is 0 Å². The SMILES string of the molecule is C[C@H](OC(=O)c1ccccc1N1CCCC1=O)C(=O)Nc1ccc(F)cc1Cl. The summed E-state index contributed by atoms with van der Waals surface area (Å²) in [6.45, 7) is 1.94. The highest BCUT2D eigenvalue weighted by Gasteiger charge is 2.27. The molecule has 146 valence electrons. The Morgan fingerprint density at radius 1 is 1.25 bits per heavy atom. The van der Waals surface area contributed by atoms with Gasteiger partial charge in [-0.05, 0) is 43.7 Å². The van der Waals surface area contributed by atoms with Crippen LogP contribution in [0.15, 0.2) is 42.5 Å². The Morgan fingerprint density at radius 2 is 2.00 bits per heavy atom. The van der Waals surface area contributed by atoms with Crippen LogP contribution in [0, 0.1) is 5.82 Å². The molecule has 1 atom stereocenters. The topological polar surface area (TPSA) is 75.7 Å². The molecule has 1 heterocycles. The number of carbonyl (C=O) groups excluding carboxylic acids is 3. The van der Waals surface area contributed by atoms with Crippen molar-refractivity contribution < 1.29 is 23.5 Å². The van der Waals surface area contributed by atoms with Gasteiger partial charge in [0.25, 0.3) is 5.91 Å². The van der Waals surface area contributed by atoms with E-state index >= 15 is 0 Å². The second-order valence-corrected chi connectivity index (χ2v) is 6.73. The zero-order valence-electron chi connectivity index (χ0n) is 15.1. The molecule has 1 aliphatic rings. The van der Waals surface area contributed by atoms with Crippen molar-refractivity contribution in [3.05, 3.63) is 58.9 Å². The van der Waals surface area contributed by atoms with Gasteiger partial charge in [0.15, 0.2) is 6.10 Å². The fraction of sp³-hybridized carbons (Fsp3) is 0.250. The first kappa shape index (κ1) is 19.8. The number of anilines is 2. The summed E-state index contributed by atoms with van der Waals surface area (Å²) in [6, 6.07) is 10.1. The third-order valence-corrected chi connectivity index (χ3v) is 4.64. The summed E-state index contributed by atoms with van der Waals surface area (Å²) in [5, 5.41) is 2.52. The minimum absolute atomic E-state index is 0.0322. The molecule has 2 amide bonds. The van der Waals surface area contributed by atoms with Crippen molar-refractivity contribution in [1.29, 1.82) is 0 Å². The number of para-hydroxylation sites is 1. The van der Waals surface area contributed by atoms with E-state index < -0.39 is 23.8 Å². The van der Waals surface area contributed by atoms with Crippen LogP contribution in [0.1, 0.15) is 30.1 Å². The molecule has 0 saturated carbocycles. The van der Waals surface area contributed by atoms with Crippen LogP contribution in [0.25, 0.3) is 0 Å². The number of halogens is 2. The number of nitrogens with zero attached hydrogens (tertiary/aromatic N) is 1. The first-order valence-electron chi connectivity index (χ1n) is 8.73. The second-order valence-electron chi connectivity index (χ2n) is 6.33. The molecule has 0 unspecified atom stereocenters. The molecule has 0 bridgehead atoms. The van der Waals surface area contributed by atoms with Gasteiger partial charge >= 0.3 is 5.97 Å². The molecule has 28 heavy (non-hydrogen) atoms. The van der Waals surface area contributed by atoms with Crippen molar-refractivity contribution in [2.24, 2.45) is 0 Å². The largest absolute Gasteiger partial charge is 0.449 e. The molecule has 0 spiro atoms. The van der Waals surface area contributed by atoms with E-state index in [4.69, 9.17) is 16.3 Å². The van der Waals surface area contributed by atoms with Crippen LogP contribution in [-0.2, 0) is 14.3 Å². The van der Waals surface area contributed by atoms with Crippen molar-refractivity contribution in [1.82, 2.24) is 0 Å². The van der Waals surface area contributed by atoms with E-state index in [2.05, 4.69) is 5.32 Å². The molecule has 8 heteroatoms. The number of ether oxygens (including phenoxy) is 1. The maximum absolute atomic E-state index is 13.1. The Morgan fingerprint density at radius 3 is 2.68 bits per heavy atom. The van der Waals surface area contributed by atoms with Gasteiger partial charge < -0.3 is 15.0 Å². The van der Waals surface area contributed by atoms with E-state index in [0.29, 0.717) is 18.7 Å². The molecular formula is C20H18ClFN2O4. The lowest BCUT2D eigenvalue weighted by atomic mass is 10.1. The summed E-state index contributed by atoms with van der Waals surface area (Å²) in [7, 11) is 0. The van der Waals surface area contributed by atoms with Crippen LogP contribution >= 0.6 is 11.6 Å². The van der Waals surface area contributed by atoms with Crippen LogP contribution in [-0.4, -0.2) is 30.4 Å². The first-order valence-corrected chi connectivity index (χ1v) is 9.11. The Labute approximate surface area is 166 Å². The summed E-state index contributed by atoms with van der Waals surface area (Å²) in [5.74, 6) is -1.92. The number of amides is 2. The number of benzene rings is 2. The highest BCUT2D eigenvalue weighted by atomic mass is 35.5. The van der Waals surface area contributed by atoms with Gasteiger partial charge in [-0.3, -0.25) is 9.59 Å². The molecule has 1 aliphatic heterocycles. The van der Waals surface area contributed by atoms with Crippen molar-refractivity contribution in [2.75, 3.05) is 16.8 Å².